The SMILES string of the molecule is COc1cc(N(c2ccccc2)c2cccc3ccccc23)c(Cl)c(N(c2ccccc2)c2cccc3ccccc23)c1.COc1cc2c3c(c1)N(c1ccccc1)c1c(ccc4ccccc14)B3c1ccc3ccccc3c1N2c1ccccc1. The van der Waals surface area contributed by atoms with Crippen molar-refractivity contribution in [1.82, 2.24) is 0 Å². The summed E-state index contributed by atoms with van der Waals surface area (Å²) in [4.78, 5) is 9.35. The van der Waals surface area contributed by atoms with Gasteiger partial charge < -0.3 is 29.1 Å². The lowest BCUT2D eigenvalue weighted by Gasteiger charge is -2.45. The molecule has 8 heteroatoms. The van der Waals surface area contributed by atoms with E-state index in [1.807, 2.05) is 24.3 Å². The molecule has 16 rings (SSSR count). The standard InChI is InChI=1S/C39H27BN2O.C39H29ClN2O/c1-43-30-24-35-37-36(25-30)42(29-16-6-3-7-17-29)39-32-19-11-9-13-27(32)21-23-34(39)40(37)33-22-20-26-12-8-10-18-31(26)38(33)41(35)28-14-4-2-5-15-28;1-43-32-26-37(41(30-18-4-2-5-19-30)35-24-12-16-28-14-8-10-22-33(28)35)39(40)38(27-32)42(31-20-6-3-7-21-31)36-25-13-17-29-15-9-11-23-34(29)36/h2-25H,1H3;2-27H,1H3. The van der Waals surface area contributed by atoms with Gasteiger partial charge in [0.2, 0.25) is 0 Å². The molecular formula is C78H56BClN4O2. The Morgan fingerprint density at radius 3 is 1.07 bits per heavy atom. The molecule has 86 heavy (non-hydrogen) atoms. The molecule has 0 unspecified atom stereocenters. The van der Waals surface area contributed by atoms with E-state index in [1.165, 1.54) is 49.3 Å². The molecule has 14 aromatic carbocycles. The number of para-hydroxylation sites is 4. The maximum absolute atomic E-state index is 7.59. The number of fused-ring (bicyclic) bond motifs is 10. The molecular weight excluding hydrogens is 1070 g/mol. The third-order valence-corrected chi connectivity index (χ3v) is 17.2. The summed E-state index contributed by atoms with van der Waals surface area (Å²) >= 11 is 7.59. The van der Waals surface area contributed by atoms with E-state index in [2.05, 4.69) is 299 Å². The Labute approximate surface area is 506 Å². The highest BCUT2D eigenvalue weighted by molar-refractivity contribution is 7.00. The minimum atomic E-state index is 0.0510. The van der Waals surface area contributed by atoms with Gasteiger partial charge in [-0.2, -0.15) is 0 Å². The van der Waals surface area contributed by atoms with Crippen LogP contribution in [0, 0.1) is 0 Å². The molecule has 14 aromatic rings. The first-order chi connectivity index (χ1) is 42.5. The Kier molecular flexibility index (Phi) is 13.4. The fourth-order valence-electron chi connectivity index (χ4n) is 13.1. The van der Waals surface area contributed by atoms with E-state index in [4.69, 9.17) is 21.1 Å². The van der Waals surface area contributed by atoms with E-state index >= 15 is 0 Å². The largest absolute Gasteiger partial charge is 0.497 e. The van der Waals surface area contributed by atoms with Crippen LogP contribution in [0.1, 0.15) is 0 Å². The minimum Gasteiger partial charge on any atom is -0.497 e. The number of anilines is 12. The smallest absolute Gasteiger partial charge is 0.252 e. The lowest BCUT2D eigenvalue weighted by Crippen LogP contribution is -2.61. The van der Waals surface area contributed by atoms with Gasteiger partial charge >= 0.3 is 0 Å². The van der Waals surface area contributed by atoms with Gasteiger partial charge in [-0.1, -0.05) is 230 Å². The number of hydrogen-bond acceptors (Lipinski definition) is 6. The number of halogens is 1. The molecule has 0 fully saturated rings. The Balaban J connectivity index is 0.000000145. The maximum Gasteiger partial charge on any atom is 0.252 e. The molecule has 0 amide bonds. The Bertz CT molecular complexity index is 4550. The van der Waals surface area contributed by atoms with Crippen molar-refractivity contribution in [3.05, 3.63) is 308 Å². The lowest BCUT2D eigenvalue weighted by molar-refractivity contribution is 0.415. The van der Waals surface area contributed by atoms with E-state index in [0.717, 1.165) is 84.2 Å². The Morgan fingerprint density at radius 1 is 0.326 bits per heavy atom. The molecule has 2 aliphatic rings. The number of ether oxygens (including phenoxy) is 2. The highest BCUT2D eigenvalue weighted by Crippen LogP contribution is 2.52. The lowest BCUT2D eigenvalue weighted by atomic mass is 9.33. The summed E-state index contributed by atoms with van der Waals surface area (Å²) in [6.45, 7) is 0.0510. The van der Waals surface area contributed by atoms with Crippen molar-refractivity contribution < 1.29 is 9.47 Å². The van der Waals surface area contributed by atoms with Crippen LogP contribution >= 0.6 is 11.6 Å². The first-order valence-electron chi connectivity index (χ1n) is 29.0. The van der Waals surface area contributed by atoms with E-state index < -0.39 is 0 Å². The highest BCUT2D eigenvalue weighted by atomic mass is 35.5. The molecule has 0 radical (unpaired) electrons. The molecule has 2 heterocycles. The number of rotatable bonds is 10. The molecule has 2 aliphatic heterocycles. The second-order valence-electron chi connectivity index (χ2n) is 21.6. The van der Waals surface area contributed by atoms with Crippen LogP contribution in [-0.4, -0.2) is 20.9 Å². The van der Waals surface area contributed by atoms with Gasteiger partial charge in [0.1, 0.15) is 11.5 Å². The summed E-state index contributed by atoms with van der Waals surface area (Å²) in [7, 11) is 3.47. The third-order valence-electron chi connectivity index (χ3n) is 16.8. The number of hydrogen-bond donors (Lipinski definition) is 0. The highest BCUT2D eigenvalue weighted by Gasteiger charge is 2.45. The summed E-state index contributed by atoms with van der Waals surface area (Å²) in [5, 5.41) is 10.1. The molecule has 0 spiro atoms. The maximum atomic E-state index is 7.59. The van der Waals surface area contributed by atoms with Crippen molar-refractivity contribution in [3.8, 4) is 11.5 Å². The predicted octanol–water partition coefficient (Wildman–Crippen LogP) is 19.7. The topological polar surface area (TPSA) is 31.4 Å². The van der Waals surface area contributed by atoms with Gasteiger partial charge in [-0.3, -0.25) is 0 Å². The second kappa shape index (κ2) is 22.1. The van der Waals surface area contributed by atoms with Crippen LogP contribution in [0.2, 0.25) is 5.02 Å². The molecule has 0 saturated heterocycles. The van der Waals surface area contributed by atoms with Gasteiger partial charge in [-0.15, -0.1) is 0 Å². The van der Waals surface area contributed by atoms with Crippen molar-refractivity contribution in [2.24, 2.45) is 0 Å². The van der Waals surface area contributed by atoms with Gasteiger partial charge in [0.15, 0.2) is 0 Å². The first kappa shape index (κ1) is 52.1. The summed E-state index contributed by atoms with van der Waals surface area (Å²) in [6, 6.07) is 107. The summed E-state index contributed by atoms with van der Waals surface area (Å²) in [5.74, 6) is 1.54. The van der Waals surface area contributed by atoms with Gasteiger partial charge in [0.05, 0.1) is 42.0 Å². The Morgan fingerprint density at radius 2 is 0.663 bits per heavy atom. The average Bonchev–Trinajstić information content (AvgIpc) is 0.849. The molecule has 0 aromatic heterocycles. The van der Waals surface area contributed by atoms with Crippen LogP contribution in [0.25, 0.3) is 43.1 Å². The van der Waals surface area contributed by atoms with Crippen LogP contribution < -0.4 is 45.5 Å². The third kappa shape index (κ3) is 8.91. The molecule has 6 nitrogen and oxygen atoms in total. The number of nitrogens with zero attached hydrogens (tertiary/aromatic N) is 4. The molecule has 0 atom stereocenters. The van der Waals surface area contributed by atoms with Gasteiger partial charge in [-0.25, -0.2) is 0 Å². The van der Waals surface area contributed by atoms with Crippen molar-refractivity contribution in [2.45, 2.75) is 0 Å². The predicted molar refractivity (Wildman–Crippen MR) is 364 cm³/mol. The first-order valence-corrected chi connectivity index (χ1v) is 29.4. The van der Waals surface area contributed by atoms with Crippen LogP contribution in [0.4, 0.5) is 68.2 Å². The van der Waals surface area contributed by atoms with Crippen LogP contribution in [-0.2, 0) is 0 Å². The van der Waals surface area contributed by atoms with E-state index in [0.29, 0.717) is 10.8 Å². The second-order valence-corrected chi connectivity index (χ2v) is 22.0. The van der Waals surface area contributed by atoms with Crippen molar-refractivity contribution in [3.63, 3.8) is 0 Å². The summed E-state index contributed by atoms with van der Waals surface area (Å²) < 4.78 is 12.0. The van der Waals surface area contributed by atoms with Crippen LogP contribution in [0.15, 0.2) is 303 Å². The monoisotopic (exact) mass is 1130 g/mol. The number of benzene rings is 14. The van der Waals surface area contributed by atoms with Crippen molar-refractivity contribution in [2.75, 3.05) is 33.8 Å². The zero-order valence-corrected chi connectivity index (χ0v) is 48.2. The minimum absolute atomic E-state index is 0.0510. The fourth-order valence-corrected chi connectivity index (χ4v) is 13.4. The van der Waals surface area contributed by atoms with Gasteiger partial charge in [-0.05, 0) is 98.6 Å². The zero-order chi connectivity index (χ0) is 57.7. The van der Waals surface area contributed by atoms with Crippen molar-refractivity contribution in [1.29, 1.82) is 0 Å². The van der Waals surface area contributed by atoms with Crippen molar-refractivity contribution >= 4 is 146 Å². The normalized spacial score (nSPS) is 12.1. The molecule has 0 bridgehead atoms. The molecule has 0 saturated carbocycles. The fraction of sp³-hybridized carbons (Fsp3) is 0.0256. The van der Waals surface area contributed by atoms with Crippen LogP contribution in [0.3, 0.4) is 0 Å². The zero-order valence-electron chi connectivity index (χ0n) is 47.4. The Hall–Kier alpha value is -10.7. The van der Waals surface area contributed by atoms with E-state index in [-0.39, 0.29) is 6.71 Å². The van der Waals surface area contributed by atoms with Gasteiger partial charge in [0, 0.05) is 91.3 Å². The molecule has 0 aliphatic carbocycles. The van der Waals surface area contributed by atoms with E-state index in [1.54, 1.807) is 14.2 Å². The van der Waals surface area contributed by atoms with E-state index in [9.17, 15) is 0 Å². The van der Waals surface area contributed by atoms with Gasteiger partial charge in [0.25, 0.3) is 6.71 Å². The number of methoxy groups -OCH3 is 2. The molecule has 0 N–H and O–H groups in total. The quantitative estimate of drug-likeness (QED) is 0.127. The van der Waals surface area contributed by atoms with Crippen LogP contribution in [0.5, 0.6) is 11.5 Å². The summed E-state index contributed by atoms with van der Waals surface area (Å²) in [6.07, 6.45) is 0. The summed E-state index contributed by atoms with van der Waals surface area (Å²) in [5.41, 5.74) is 16.6. The molecule has 410 valence electrons. The average molecular weight is 1130 g/mol.